The van der Waals surface area contributed by atoms with Gasteiger partial charge in [-0.3, -0.25) is 14.2 Å². The zero-order valence-electron chi connectivity index (χ0n) is 15.9. The summed E-state index contributed by atoms with van der Waals surface area (Å²) >= 11 is 4.27. The van der Waals surface area contributed by atoms with Crippen LogP contribution < -0.4 is 10.9 Å². The molecule has 0 saturated heterocycles. The van der Waals surface area contributed by atoms with Crippen LogP contribution in [0.5, 0.6) is 0 Å². The monoisotopic (exact) mass is 441 g/mol. The maximum absolute atomic E-state index is 12.7. The average Bonchev–Trinajstić information content (AvgIpc) is 3.40. The van der Waals surface area contributed by atoms with E-state index in [4.69, 9.17) is 0 Å². The third-order valence-corrected chi connectivity index (χ3v) is 7.38. The molecule has 0 aliphatic carbocycles. The van der Waals surface area contributed by atoms with E-state index in [1.54, 1.807) is 18.4 Å². The maximum atomic E-state index is 12.7. The molecule has 1 unspecified atom stereocenters. The summed E-state index contributed by atoms with van der Waals surface area (Å²) < 4.78 is 2.14. The molecule has 8 heteroatoms. The lowest BCUT2D eigenvalue weighted by molar-refractivity contribution is -0.119. The van der Waals surface area contributed by atoms with Gasteiger partial charge in [0.1, 0.15) is 4.70 Å². The Morgan fingerprint density at radius 3 is 2.69 bits per heavy atom. The molecule has 0 aliphatic rings. The average molecular weight is 442 g/mol. The van der Waals surface area contributed by atoms with E-state index in [0.717, 1.165) is 10.4 Å². The Kier molecular flexibility index (Phi) is 5.84. The first kappa shape index (κ1) is 19.9. The molecule has 0 aliphatic heterocycles. The lowest BCUT2D eigenvalue weighted by Gasteiger charge is -2.18. The van der Waals surface area contributed by atoms with Crippen molar-refractivity contribution < 1.29 is 4.79 Å². The molecule has 4 rings (SSSR count). The lowest BCUT2D eigenvalue weighted by Crippen LogP contribution is -2.30. The summed E-state index contributed by atoms with van der Waals surface area (Å²) in [6, 6.07) is 13.8. The second kappa shape index (κ2) is 8.52. The number of aromatic nitrogens is 2. The summed E-state index contributed by atoms with van der Waals surface area (Å²) in [7, 11) is 1.69. The van der Waals surface area contributed by atoms with Crippen molar-refractivity contribution in [3.63, 3.8) is 0 Å². The van der Waals surface area contributed by atoms with Crippen molar-refractivity contribution in [2.24, 2.45) is 7.05 Å². The van der Waals surface area contributed by atoms with Crippen LogP contribution in [0.4, 0.5) is 0 Å². The van der Waals surface area contributed by atoms with Crippen LogP contribution in [0, 0.1) is 6.92 Å². The normalized spacial score (nSPS) is 12.2. The molecule has 3 heterocycles. The standard InChI is InChI=1S/C21H19N3O2S3/c1-13-5-7-14(8-6-13)18(16-4-3-10-27-16)23-17(25)12-29-21-22-15-9-11-28-19(15)20(26)24(21)2/h3-11,18H,12H2,1-2H3,(H,23,25). The number of thioether (sulfide) groups is 1. The molecule has 0 radical (unpaired) electrons. The number of rotatable bonds is 6. The highest BCUT2D eigenvalue weighted by molar-refractivity contribution is 7.99. The van der Waals surface area contributed by atoms with E-state index in [1.807, 2.05) is 60.1 Å². The lowest BCUT2D eigenvalue weighted by atomic mass is 10.0. The Morgan fingerprint density at radius 2 is 1.97 bits per heavy atom. The zero-order chi connectivity index (χ0) is 20.4. The number of fused-ring (bicyclic) bond motifs is 1. The molecule has 0 spiro atoms. The van der Waals surface area contributed by atoms with Crippen LogP contribution in [0.25, 0.3) is 10.2 Å². The van der Waals surface area contributed by atoms with Crippen molar-refractivity contribution in [1.82, 2.24) is 14.9 Å². The summed E-state index contributed by atoms with van der Waals surface area (Å²) in [6.45, 7) is 2.04. The molecule has 1 N–H and O–H groups in total. The van der Waals surface area contributed by atoms with E-state index >= 15 is 0 Å². The van der Waals surface area contributed by atoms with Crippen LogP contribution in [0.2, 0.25) is 0 Å². The topological polar surface area (TPSA) is 64.0 Å². The molecule has 1 amide bonds. The minimum Gasteiger partial charge on any atom is -0.344 e. The number of thiophene rings is 2. The van der Waals surface area contributed by atoms with Crippen molar-refractivity contribution in [2.75, 3.05) is 5.75 Å². The Labute approximate surface area is 180 Å². The van der Waals surface area contributed by atoms with E-state index < -0.39 is 0 Å². The van der Waals surface area contributed by atoms with Gasteiger partial charge in [0, 0.05) is 11.9 Å². The van der Waals surface area contributed by atoms with Crippen LogP contribution >= 0.6 is 34.4 Å². The van der Waals surface area contributed by atoms with Crippen LogP contribution in [0.1, 0.15) is 22.0 Å². The molecule has 3 aromatic heterocycles. The Hall–Kier alpha value is -2.42. The fraction of sp³-hybridized carbons (Fsp3) is 0.190. The van der Waals surface area contributed by atoms with E-state index in [2.05, 4.69) is 10.3 Å². The highest BCUT2D eigenvalue weighted by atomic mass is 32.2. The van der Waals surface area contributed by atoms with Gasteiger partial charge in [0.25, 0.3) is 5.56 Å². The van der Waals surface area contributed by atoms with E-state index in [-0.39, 0.29) is 23.3 Å². The third kappa shape index (κ3) is 4.29. The number of carbonyl (C=O) groups excluding carboxylic acids is 1. The van der Waals surface area contributed by atoms with Gasteiger partial charge in [-0.15, -0.1) is 22.7 Å². The number of hydrogen-bond donors (Lipinski definition) is 1. The van der Waals surface area contributed by atoms with Gasteiger partial charge in [0.05, 0.1) is 17.3 Å². The molecule has 1 aromatic carbocycles. The predicted octanol–water partition coefficient (Wildman–Crippen LogP) is 4.36. The number of nitrogens with zero attached hydrogens (tertiary/aromatic N) is 2. The molecule has 0 saturated carbocycles. The van der Waals surface area contributed by atoms with E-state index in [0.29, 0.717) is 15.4 Å². The van der Waals surface area contributed by atoms with Gasteiger partial charge in [-0.25, -0.2) is 4.98 Å². The molecular formula is C21H19N3O2S3. The van der Waals surface area contributed by atoms with E-state index in [1.165, 1.54) is 33.2 Å². The summed E-state index contributed by atoms with van der Waals surface area (Å²) in [5, 5.41) is 7.53. The molecule has 1 atom stereocenters. The first-order chi connectivity index (χ1) is 14.0. The minimum absolute atomic E-state index is 0.0796. The highest BCUT2D eigenvalue weighted by Crippen LogP contribution is 2.27. The molecule has 0 fully saturated rings. The van der Waals surface area contributed by atoms with Crippen LogP contribution in [-0.2, 0) is 11.8 Å². The summed E-state index contributed by atoms with van der Waals surface area (Å²) in [4.78, 5) is 30.8. The highest BCUT2D eigenvalue weighted by Gasteiger charge is 2.19. The third-order valence-electron chi connectivity index (χ3n) is 4.52. The second-order valence-electron chi connectivity index (χ2n) is 6.61. The van der Waals surface area contributed by atoms with Crippen molar-refractivity contribution in [1.29, 1.82) is 0 Å². The number of carbonyl (C=O) groups is 1. The zero-order valence-corrected chi connectivity index (χ0v) is 18.4. The van der Waals surface area contributed by atoms with Crippen molar-refractivity contribution >= 4 is 50.6 Å². The minimum atomic E-state index is -0.195. The largest absolute Gasteiger partial charge is 0.344 e. The summed E-state index contributed by atoms with van der Waals surface area (Å²) in [5.74, 6) is 0.0811. The quantitative estimate of drug-likeness (QED) is 0.357. The van der Waals surface area contributed by atoms with E-state index in [9.17, 15) is 9.59 Å². The van der Waals surface area contributed by atoms with Gasteiger partial charge < -0.3 is 5.32 Å². The Balaban J connectivity index is 1.51. The van der Waals surface area contributed by atoms with Crippen LogP contribution in [-0.4, -0.2) is 21.2 Å². The van der Waals surface area contributed by atoms with Gasteiger partial charge in [-0.2, -0.15) is 0 Å². The number of hydrogen-bond acceptors (Lipinski definition) is 6. The fourth-order valence-corrected chi connectivity index (χ4v) is 5.35. The molecular weight excluding hydrogens is 422 g/mol. The van der Waals surface area contributed by atoms with Crippen molar-refractivity contribution in [2.45, 2.75) is 18.1 Å². The fourth-order valence-electron chi connectivity index (χ4n) is 2.96. The number of benzene rings is 1. The second-order valence-corrected chi connectivity index (χ2v) is 9.45. The molecule has 5 nitrogen and oxygen atoms in total. The predicted molar refractivity (Wildman–Crippen MR) is 121 cm³/mol. The van der Waals surface area contributed by atoms with Crippen molar-refractivity contribution in [3.05, 3.63) is 79.6 Å². The molecule has 4 aromatic rings. The molecule has 29 heavy (non-hydrogen) atoms. The number of nitrogens with one attached hydrogen (secondary N) is 1. The molecule has 0 bridgehead atoms. The summed E-state index contributed by atoms with van der Waals surface area (Å²) in [6.07, 6.45) is 0. The van der Waals surface area contributed by atoms with Crippen molar-refractivity contribution in [3.8, 4) is 0 Å². The SMILES string of the molecule is Cc1ccc(C(NC(=O)CSc2nc3ccsc3c(=O)n2C)c2cccs2)cc1. The van der Waals surface area contributed by atoms with Crippen LogP contribution in [0.15, 0.2) is 63.2 Å². The number of aryl methyl sites for hydroxylation is 1. The summed E-state index contributed by atoms with van der Waals surface area (Å²) in [5.41, 5.74) is 2.82. The van der Waals surface area contributed by atoms with Gasteiger partial charge in [-0.1, -0.05) is 47.7 Å². The Morgan fingerprint density at radius 1 is 1.17 bits per heavy atom. The number of amides is 1. The first-order valence-corrected chi connectivity index (χ1v) is 11.7. The van der Waals surface area contributed by atoms with Crippen LogP contribution in [0.3, 0.4) is 0 Å². The van der Waals surface area contributed by atoms with Gasteiger partial charge in [0.15, 0.2) is 5.16 Å². The van der Waals surface area contributed by atoms with Gasteiger partial charge >= 0.3 is 0 Å². The van der Waals surface area contributed by atoms with Gasteiger partial charge in [0.2, 0.25) is 5.91 Å². The van der Waals surface area contributed by atoms with Gasteiger partial charge in [-0.05, 0) is 35.4 Å². The maximum Gasteiger partial charge on any atom is 0.271 e. The molecule has 148 valence electrons. The smallest absolute Gasteiger partial charge is 0.271 e. The Bertz CT molecular complexity index is 1190. The first-order valence-electron chi connectivity index (χ1n) is 8.99.